The van der Waals surface area contributed by atoms with E-state index in [0.29, 0.717) is 6.04 Å². The van der Waals surface area contributed by atoms with Gasteiger partial charge in [-0.1, -0.05) is 13.3 Å². The highest BCUT2D eigenvalue weighted by Gasteiger charge is 2.31. The normalized spacial score (nSPS) is 20.6. The maximum Gasteiger partial charge on any atom is 0.0637 e. The van der Waals surface area contributed by atoms with Crippen LogP contribution in [0.4, 0.5) is 0 Å². The minimum atomic E-state index is 0.0163. The SMILES string of the molecule is CCNC(CC(C)(C)OC)C1CCC1. The van der Waals surface area contributed by atoms with E-state index in [1.807, 2.05) is 7.11 Å². The number of methoxy groups -OCH3 is 1. The van der Waals surface area contributed by atoms with Crippen LogP contribution in [-0.2, 0) is 4.74 Å². The van der Waals surface area contributed by atoms with Crippen molar-refractivity contribution in [2.24, 2.45) is 5.92 Å². The van der Waals surface area contributed by atoms with Crippen molar-refractivity contribution in [3.8, 4) is 0 Å². The maximum atomic E-state index is 5.49. The highest BCUT2D eigenvalue weighted by molar-refractivity contribution is 4.87. The quantitative estimate of drug-likeness (QED) is 0.710. The van der Waals surface area contributed by atoms with Gasteiger partial charge in [0, 0.05) is 13.2 Å². The number of hydrogen-bond donors (Lipinski definition) is 1. The van der Waals surface area contributed by atoms with E-state index in [0.717, 1.165) is 18.9 Å². The molecule has 0 spiro atoms. The third-order valence-corrected chi connectivity index (χ3v) is 3.45. The highest BCUT2D eigenvalue weighted by atomic mass is 16.5. The van der Waals surface area contributed by atoms with Crippen LogP contribution in [0.3, 0.4) is 0 Å². The van der Waals surface area contributed by atoms with Crippen LogP contribution in [0.2, 0.25) is 0 Å². The fraction of sp³-hybridized carbons (Fsp3) is 1.00. The van der Waals surface area contributed by atoms with Gasteiger partial charge >= 0.3 is 0 Å². The van der Waals surface area contributed by atoms with Gasteiger partial charge in [0.2, 0.25) is 0 Å². The van der Waals surface area contributed by atoms with Gasteiger partial charge in [0.1, 0.15) is 0 Å². The topological polar surface area (TPSA) is 21.3 Å². The summed E-state index contributed by atoms with van der Waals surface area (Å²) in [6.07, 6.45) is 5.34. The third-order valence-electron chi connectivity index (χ3n) is 3.45. The Bertz CT molecular complexity index is 164. The fourth-order valence-electron chi connectivity index (χ4n) is 2.12. The van der Waals surface area contributed by atoms with Gasteiger partial charge in [0.05, 0.1) is 5.60 Å². The molecule has 2 nitrogen and oxygen atoms in total. The Hall–Kier alpha value is -0.0800. The Morgan fingerprint density at radius 1 is 1.43 bits per heavy atom. The zero-order chi connectivity index (χ0) is 10.6. The first-order chi connectivity index (χ1) is 6.59. The van der Waals surface area contributed by atoms with Crippen molar-refractivity contribution in [2.75, 3.05) is 13.7 Å². The van der Waals surface area contributed by atoms with Gasteiger partial charge < -0.3 is 10.1 Å². The number of hydrogen-bond acceptors (Lipinski definition) is 2. The summed E-state index contributed by atoms with van der Waals surface area (Å²) >= 11 is 0. The summed E-state index contributed by atoms with van der Waals surface area (Å²) in [6.45, 7) is 7.61. The van der Waals surface area contributed by atoms with Crippen molar-refractivity contribution in [3.05, 3.63) is 0 Å². The van der Waals surface area contributed by atoms with Crippen LogP contribution in [-0.4, -0.2) is 25.3 Å². The van der Waals surface area contributed by atoms with E-state index in [2.05, 4.69) is 26.1 Å². The summed E-state index contributed by atoms with van der Waals surface area (Å²) in [5, 5.41) is 3.59. The van der Waals surface area contributed by atoms with Crippen molar-refractivity contribution in [1.82, 2.24) is 5.32 Å². The van der Waals surface area contributed by atoms with E-state index in [-0.39, 0.29) is 5.60 Å². The molecule has 1 atom stereocenters. The molecule has 0 saturated heterocycles. The van der Waals surface area contributed by atoms with Crippen LogP contribution in [0.25, 0.3) is 0 Å². The fourth-order valence-corrected chi connectivity index (χ4v) is 2.12. The molecule has 0 heterocycles. The summed E-state index contributed by atoms with van der Waals surface area (Å²) < 4.78 is 5.49. The van der Waals surface area contributed by atoms with Gasteiger partial charge in [-0.3, -0.25) is 0 Å². The summed E-state index contributed by atoms with van der Waals surface area (Å²) in [6, 6.07) is 0.656. The van der Waals surface area contributed by atoms with Crippen LogP contribution in [0, 0.1) is 5.92 Å². The second-order valence-electron chi connectivity index (χ2n) is 5.02. The zero-order valence-corrected chi connectivity index (χ0v) is 10.1. The van der Waals surface area contributed by atoms with Gasteiger partial charge in [-0.05, 0) is 45.6 Å². The lowest BCUT2D eigenvalue weighted by Gasteiger charge is -2.38. The molecule has 0 aromatic carbocycles. The first-order valence-electron chi connectivity index (χ1n) is 5.87. The van der Waals surface area contributed by atoms with E-state index in [1.54, 1.807) is 0 Å². The average Bonchev–Trinajstić information content (AvgIpc) is 2.01. The highest BCUT2D eigenvalue weighted by Crippen LogP contribution is 2.33. The molecule has 0 aromatic heterocycles. The molecule has 14 heavy (non-hydrogen) atoms. The number of rotatable bonds is 6. The van der Waals surface area contributed by atoms with E-state index in [9.17, 15) is 0 Å². The predicted octanol–water partition coefficient (Wildman–Crippen LogP) is 2.58. The van der Waals surface area contributed by atoms with Crippen molar-refractivity contribution in [2.45, 2.75) is 58.1 Å². The van der Waals surface area contributed by atoms with Gasteiger partial charge in [0.15, 0.2) is 0 Å². The van der Waals surface area contributed by atoms with Gasteiger partial charge in [-0.15, -0.1) is 0 Å². The molecule has 1 aliphatic rings. The molecule has 2 heteroatoms. The van der Waals surface area contributed by atoms with Crippen LogP contribution in [0.15, 0.2) is 0 Å². The molecule has 0 amide bonds. The molecule has 1 N–H and O–H groups in total. The van der Waals surface area contributed by atoms with E-state index >= 15 is 0 Å². The van der Waals surface area contributed by atoms with Crippen molar-refractivity contribution in [3.63, 3.8) is 0 Å². The largest absolute Gasteiger partial charge is 0.379 e. The van der Waals surface area contributed by atoms with E-state index in [1.165, 1.54) is 19.3 Å². The number of nitrogens with one attached hydrogen (secondary N) is 1. The standard InChI is InChI=1S/C12H25NO/c1-5-13-11(10-7-6-8-10)9-12(2,3)14-4/h10-11,13H,5-9H2,1-4H3. The Morgan fingerprint density at radius 3 is 2.43 bits per heavy atom. The summed E-state index contributed by atoms with van der Waals surface area (Å²) in [5.41, 5.74) is 0.0163. The monoisotopic (exact) mass is 199 g/mol. The molecular weight excluding hydrogens is 174 g/mol. The molecule has 0 aliphatic heterocycles. The lowest BCUT2D eigenvalue weighted by molar-refractivity contribution is -0.00313. The molecule has 1 saturated carbocycles. The Labute approximate surface area is 88.4 Å². The smallest absolute Gasteiger partial charge is 0.0637 e. The molecular formula is C12H25NO. The minimum Gasteiger partial charge on any atom is -0.379 e. The molecule has 84 valence electrons. The van der Waals surface area contributed by atoms with Gasteiger partial charge in [-0.25, -0.2) is 0 Å². The van der Waals surface area contributed by atoms with Crippen LogP contribution >= 0.6 is 0 Å². The molecule has 1 rings (SSSR count). The van der Waals surface area contributed by atoms with Crippen molar-refractivity contribution >= 4 is 0 Å². The molecule has 0 radical (unpaired) electrons. The lowest BCUT2D eigenvalue weighted by Crippen LogP contribution is -2.44. The van der Waals surface area contributed by atoms with Gasteiger partial charge in [-0.2, -0.15) is 0 Å². The first-order valence-corrected chi connectivity index (χ1v) is 5.87. The second kappa shape index (κ2) is 5.13. The van der Waals surface area contributed by atoms with Gasteiger partial charge in [0.25, 0.3) is 0 Å². The Morgan fingerprint density at radius 2 is 2.07 bits per heavy atom. The molecule has 1 unspecified atom stereocenters. The van der Waals surface area contributed by atoms with Crippen LogP contribution < -0.4 is 5.32 Å². The molecule has 1 fully saturated rings. The van der Waals surface area contributed by atoms with Crippen molar-refractivity contribution in [1.29, 1.82) is 0 Å². The third kappa shape index (κ3) is 3.25. The summed E-state index contributed by atoms with van der Waals surface area (Å²) in [7, 11) is 1.81. The maximum absolute atomic E-state index is 5.49. The van der Waals surface area contributed by atoms with E-state index < -0.39 is 0 Å². The molecule has 0 bridgehead atoms. The Balaban J connectivity index is 2.41. The summed E-state index contributed by atoms with van der Waals surface area (Å²) in [5.74, 6) is 0.893. The summed E-state index contributed by atoms with van der Waals surface area (Å²) in [4.78, 5) is 0. The molecule has 1 aliphatic carbocycles. The average molecular weight is 199 g/mol. The zero-order valence-electron chi connectivity index (χ0n) is 10.1. The van der Waals surface area contributed by atoms with Crippen LogP contribution in [0.5, 0.6) is 0 Å². The lowest BCUT2D eigenvalue weighted by atomic mass is 9.76. The minimum absolute atomic E-state index is 0.0163. The second-order valence-corrected chi connectivity index (χ2v) is 5.02. The van der Waals surface area contributed by atoms with Crippen molar-refractivity contribution < 1.29 is 4.74 Å². The first kappa shape index (κ1) is 12.0. The Kier molecular flexibility index (Phi) is 4.39. The molecule has 0 aromatic rings. The predicted molar refractivity (Wildman–Crippen MR) is 60.5 cm³/mol. The van der Waals surface area contributed by atoms with E-state index in [4.69, 9.17) is 4.74 Å². The number of ether oxygens (including phenoxy) is 1. The van der Waals surface area contributed by atoms with Crippen LogP contribution in [0.1, 0.15) is 46.5 Å².